The van der Waals surface area contributed by atoms with Gasteiger partial charge >= 0.3 is 0 Å². The minimum Gasteiger partial charge on any atom is -0.454 e. The number of benzene rings is 2. The summed E-state index contributed by atoms with van der Waals surface area (Å²) in [6.45, 7) is 1.75. The van der Waals surface area contributed by atoms with Gasteiger partial charge in [0.2, 0.25) is 5.56 Å². The number of carbonyl (C=O) groups is 1. The number of hydrogen-bond acceptors (Lipinski definition) is 3. The molecule has 26 heavy (non-hydrogen) atoms. The monoisotopic (exact) mass is 352 g/mol. The molecule has 0 bridgehead atoms. The van der Waals surface area contributed by atoms with Gasteiger partial charge in [-0.25, -0.2) is 4.39 Å². The van der Waals surface area contributed by atoms with Gasteiger partial charge in [0.1, 0.15) is 5.75 Å². The van der Waals surface area contributed by atoms with Crippen LogP contribution in [0.25, 0.3) is 0 Å². The van der Waals surface area contributed by atoms with Crippen LogP contribution in [0.2, 0.25) is 0 Å². The third kappa shape index (κ3) is 4.16. The van der Waals surface area contributed by atoms with E-state index in [2.05, 4.69) is 10.3 Å². The predicted molar refractivity (Wildman–Crippen MR) is 95.9 cm³/mol. The van der Waals surface area contributed by atoms with Gasteiger partial charge in [-0.2, -0.15) is 0 Å². The minimum absolute atomic E-state index is 0.110. The summed E-state index contributed by atoms with van der Waals surface area (Å²) < 4.78 is 19.8. The van der Waals surface area contributed by atoms with Crippen LogP contribution in [0.4, 0.5) is 4.39 Å². The van der Waals surface area contributed by atoms with Crippen LogP contribution in [-0.4, -0.2) is 10.9 Å². The highest BCUT2D eigenvalue weighted by atomic mass is 19.1. The lowest BCUT2D eigenvalue weighted by molar-refractivity contribution is 0.0939. The smallest absolute Gasteiger partial charge is 0.253 e. The SMILES string of the molecule is CC(NC(=O)c1ccc(=O)[nH]c1)c1ccc(Oc2ccccc2)c(F)c1. The van der Waals surface area contributed by atoms with Crippen LogP contribution in [0.1, 0.15) is 28.9 Å². The van der Waals surface area contributed by atoms with Crippen molar-refractivity contribution in [2.45, 2.75) is 13.0 Å². The first-order valence-corrected chi connectivity index (χ1v) is 8.05. The first-order chi connectivity index (χ1) is 12.5. The zero-order valence-corrected chi connectivity index (χ0v) is 14.0. The van der Waals surface area contributed by atoms with Gasteiger partial charge < -0.3 is 15.0 Å². The number of amides is 1. The van der Waals surface area contributed by atoms with Crippen LogP contribution >= 0.6 is 0 Å². The van der Waals surface area contributed by atoms with E-state index in [1.807, 2.05) is 6.07 Å². The number of aromatic nitrogens is 1. The van der Waals surface area contributed by atoms with Crippen LogP contribution < -0.4 is 15.6 Å². The average Bonchev–Trinajstić information content (AvgIpc) is 2.64. The summed E-state index contributed by atoms with van der Waals surface area (Å²) in [4.78, 5) is 25.7. The number of hydrogen-bond donors (Lipinski definition) is 2. The van der Waals surface area contributed by atoms with Gasteiger partial charge in [-0.1, -0.05) is 24.3 Å². The topological polar surface area (TPSA) is 71.2 Å². The highest BCUT2D eigenvalue weighted by Crippen LogP contribution is 2.26. The Bertz CT molecular complexity index is 950. The normalized spacial score (nSPS) is 11.6. The molecule has 1 atom stereocenters. The standard InChI is InChI=1S/C20H17FN2O3/c1-13(23-20(25)15-8-10-19(24)22-12-15)14-7-9-18(17(21)11-14)26-16-5-3-2-4-6-16/h2-13H,1H3,(H,22,24)(H,23,25). The van der Waals surface area contributed by atoms with E-state index in [4.69, 9.17) is 4.74 Å². The molecule has 3 aromatic rings. The maximum atomic E-state index is 14.3. The molecule has 5 nitrogen and oxygen atoms in total. The number of ether oxygens (including phenoxy) is 1. The van der Waals surface area contributed by atoms with Crippen LogP contribution in [0.15, 0.2) is 71.7 Å². The molecule has 1 heterocycles. The molecule has 0 saturated carbocycles. The van der Waals surface area contributed by atoms with E-state index in [1.165, 1.54) is 30.5 Å². The Morgan fingerprint density at radius 1 is 1.12 bits per heavy atom. The molecular formula is C20H17FN2O3. The maximum absolute atomic E-state index is 14.3. The van der Waals surface area contributed by atoms with Crippen LogP contribution in [0.3, 0.4) is 0 Å². The third-order valence-corrected chi connectivity index (χ3v) is 3.82. The number of nitrogens with one attached hydrogen (secondary N) is 2. The van der Waals surface area contributed by atoms with E-state index in [0.717, 1.165) is 0 Å². The molecule has 2 N–H and O–H groups in total. The van der Waals surface area contributed by atoms with Crippen molar-refractivity contribution < 1.29 is 13.9 Å². The molecule has 3 rings (SSSR count). The lowest BCUT2D eigenvalue weighted by Crippen LogP contribution is -2.27. The molecular weight excluding hydrogens is 335 g/mol. The predicted octanol–water partition coefficient (Wildman–Crippen LogP) is 3.80. The van der Waals surface area contributed by atoms with E-state index in [-0.39, 0.29) is 17.2 Å². The van der Waals surface area contributed by atoms with Gasteiger partial charge in [0.15, 0.2) is 11.6 Å². The summed E-state index contributed by atoms with van der Waals surface area (Å²) >= 11 is 0. The Morgan fingerprint density at radius 3 is 2.54 bits per heavy atom. The highest BCUT2D eigenvalue weighted by Gasteiger charge is 2.14. The van der Waals surface area contributed by atoms with E-state index in [0.29, 0.717) is 16.9 Å². The summed E-state index contributed by atoms with van der Waals surface area (Å²) in [5.74, 6) is -0.229. The molecule has 1 amide bonds. The fourth-order valence-electron chi connectivity index (χ4n) is 2.40. The zero-order valence-electron chi connectivity index (χ0n) is 14.0. The molecule has 0 fully saturated rings. The fourth-order valence-corrected chi connectivity index (χ4v) is 2.40. The second-order valence-electron chi connectivity index (χ2n) is 5.74. The second-order valence-corrected chi connectivity index (χ2v) is 5.74. The lowest BCUT2D eigenvalue weighted by Gasteiger charge is -2.15. The fraction of sp³-hybridized carbons (Fsp3) is 0.100. The summed E-state index contributed by atoms with van der Waals surface area (Å²) in [6.07, 6.45) is 1.34. The molecule has 0 aliphatic carbocycles. The molecule has 1 aromatic heterocycles. The molecule has 0 aliphatic heterocycles. The summed E-state index contributed by atoms with van der Waals surface area (Å²) in [7, 11) is 0. The van der Waals surface area contributed by atoms with Crippen LogP contribution in [0.5, 0.6) is 11.5 Å². The van der Waals surface area contributed by atoms with Crippen LogP contribution in [-0.2, 0) is 0 Å². The molecule has 0 spiro atoms. The summed E-state index contributed by atoms with van der Waals surface area (Å²) in [5.41, 5.74) is 0.632. The number of pyridine rings is 1. The molecule has 0 radical (unpaired) electrons. The lowest BCUT2D eigenvalue weighted by atomic mass is 10.1. The van der Waals surface area contributed by atoms with E-state index < -0.39 is 11.9 Å². The number of halogens is 1. The van der Waals surface area contributed by atoms with Crippen molar-refractivity contribution in [2.75, 3.05) is 0 Å². The summed E-state index contributed by atoms with van der Waals surface area (Å²) in [6, 6.07) is 15.8. The largest absolute Gasteiger partial charge is 0.454 e. The molecule has 1 unspecified atom stereocenters. The third-order valence-electron chi connectivity index (χ3n) is 3.82. The molecule has 0 saturated heterocycles. The van der Waals surface area contributed by atoms with E-state index in [1.54, 1.807) is 37.3 Å². The second kappa shape index (κ2) is 7.65. The van der Waals surface area contributed by atoms with Gasteiger partial charge in [-0.05, 0) is 42.8 Å². The molecule has 2 aromatic carbocycles. The van der Waals surface area contributed by atoms with Crippen molar-refractivity contribution in [2.24, 2.45) is 0 Å². The Balaban J connectivity index is 1.70. The maximum Gasteiger partial charge on any atom is 0.253 e. The first-order valence-electron chi connectivity index (χ1n) is 8.05. The first kappa shape index (κ1) is 17.4. The van der Waals surface area contributed by atoms with Crippen LogP contribution in [0, 0.1) is 5.82 Å². The van der Waals surface area contributed by atoms with Gasteiger partial charge in [0.25, 0.3) is 5.91 Å². The quantitative estimate of drug-likeness (QED) is 0.734. The van der Waals surface area contributed by atoms with Gasteiger partial charge in [-0.15, -0.1) is 0 Å². The number of rotatable bonds is 5. The molecule has 132 valence electrons. The minimum atomic E-state index is -0.517. The van der Waals surface area contributed by atoms with Crippen molar-refractivity contribution in [1.82, 2.24) is 10.3 Å². The van der Waals surface area contributed by atoms with Crippen molar-refractivity contribution >= 4 is 5.91 Å². The van der Waals surface area contributed by atoms with Gasteiger partial charge in [0.05, 0.1) is 11.6 Å². The number of carbonyl (C=O) groups excluding carboxylic acids is 1. The van der Waals surface area contributed by atoms with E-state index >= 15 is 0 Å². The Kier molecular flexibility index (Phi) is 5.12. The Morgan fingerprint density at radius 2 is 1.88 bits per heavy atom. The summed E-state index contributed by atoms with van der Waals surface area (Å²) in [5, 5.41) is 2.76. The number of para-hydroxylation sites is 1. The van der Waals surface area contributed by atoms with Crippen molar-refractivity contribution in [3.8, 4) is 11.5 Å². The zero-order chi connectivity index (χ0) is 18.5. The van der Waals surface area contributed by atoms with Crippen molar-refractivity contribution in [3.05, 3.63) is 94.2 Å². The Labute approximate surface area is 149 Å². The van der Waals surface area contributed by atoms with Crippen molar-refractivity contribution in [3.63, 3.8) is 0 Å². The van der Waals surface area contributed by atoms with Crippen molar-refractivity contribution in [1.29, 1.82) is 0 Å². The number of H-pyrrole nitrogens is 1. The molecule has 0 aliphatic rings. The van der Waals surface area contributed by atoms with Gasteiger partial charge in [-0.3, -0.25) is 9.59 Å². The molecule has 6 heteroatoms. The Hall–Kier alpha value is -3.41. The average molecular weight is 352 g/mol. The highest BCUT2D eigenvalue weighted by molar-refractivity contribution is 5.94. The number of aromatic amines is 1. The van der Waals surface area contributed by atoms with Gasteiger partial charge in [0, 0.05) is 12.3 Å². The van der Waals surface area contributed by atoms with E-state index in [9.17, 15) is 14.0 Å².